The monoisotopic (exact) mass is 370 g/mol. The molecule has 0 aliphatic rings. The molecule has 0 spiro atoms. The Balaban J connectivity index is 1.96. The molecule has 0 saturated carbocycles. The summed E-state index contributed by atoms with van der Waals surface area (Å²) in [5.74, 6) is 0.286. The minimum absolute atomic E-state index is 0.0384. The summed E-state index contributed by atoms with van der Waals surface area (Å²) in [6, 6.07) is 13.9. The number of rotatable bonds is 7. The molecule has 2 aromatic carbocycles. The molecule has 0 atom stereocenters. The van der Waals surface area contributed by atoms with Gasteiger partial charge in [0.2, 0.25) is 0 Å². The molecule has 0 radical (unpaired) electrons. The topological polar surface area (TPSA) is 67.4 Å². The molecular formula is C20H22N2O3S. The molecule has 5 nitrogen and oxygen atoms in total. The van der Waals surface area contributed by atoms with Crippen LogP contribution in [0.4, 0.5) is 5.69 Å². The smallest absolute Gasteiger partial charge is 0.257 e. The van der Waals surface area contributed by atoms with Crippen molar-refractivity contribution in [2.24, 2.45) is 0 Å². The van der Waals surface area contributed by atoms with Gasteiger partial charge in [-0.05, 0) is 55.9 Å². The van der Waals surface area contributed by atoms with Gasteiger partial charge in [-0.2, -0.15) is 0 Å². The zero-order chi connectivity index (χ0) is 18.9. The number of thiocarbonyl (C=S) groups is 1. The van der Waals surface area contributed by atoms with E-state index >= 15 is 0 Å². The van der Waals surface area contributed by atoms with Crippen molar-refractivity contribution in [3.8, 4) is 5.75 Å². The summed E-state index contributed by atoms with van der Waals surface area (Å²) in [4.78, 5) is 23.8. The van der Waals surface area contributed by atoms with E-state index in [1.165, 1.54) is 6.92 Å². The van der Waals surface area contributed by atoms with Gasteiger partial charge in [-0.1, -0.05) is 31.5 Å². The van der Waals surface area contributed by atoms with E-state index in [2.05, 4.69) is 17.6 Å². The molecule has 26 heavy (non-hydrogen) atoms. The zero-order valence-electron chi connectivity index (χ0n) is 14.9. The molecule has 0 aromatic heterocycles. The lowest BCUT2D eigenvalue weighted by atomic mass is 10.1. The number of ketones is 1. The third kappa shape index (κ3) is 5.97. The van der Waals surface area contributed by atoms with Crippen LogP contribution in [0.2, 0.25) is 0 Å². The number of carbonyl (C=O) groups is 2. The van der Waals surface area contributed by atoms with Gasteiger partial charge in [0.25, 0.3) is 5.91 Å². The molecule has 2 N–H and O–H groups in total. The zero-order valence-corrected chi connectivity index (χ0v) is 15.7. The second-order valence-corrected chi connectivity index (χ2v) is 6.18. The Morgan fingerprint density at radius 1 is 1.08 bits per heavy atom. The van der Waals surface area contributed by atoms with Crippen LogP contribution in [0.3, 0.4) is 0 Å². The van der Waals surface area contributed by atoms with Crippen molar-refractivity contribution in [3.63, 3.8) is 0 Å². The first-order valence-corrected chi connectivity index (χ1v) is 8.86. The van der Waals surface area contributed by atoms with E-state index in [9.17, 15) is 9.59 Å². The summed E-state index contributed by atoms with van der Waals surface area (Å²) >= 11 is 5.18. The number of benzene rings is 2. The van der Waals surface area contributed by atoms with Crippen molar-refractivity contribution in [2.75, 3.05) is 11.9 Å². The van der Waals surface area contributed by atoms with Gasteiger partial charge in [0.05, 0.1) is 6.61 Å². The van der Waals surface area contributed by atoms with Crippen molar-refractivity contribution in [3.05, 3.63) is 59.7 Å². The minimum atomic E-state index is -0.328. The van der Waals surface area contributed by atoms with Crippen LogP contribution in [-0.2, 0) is 0 Å². The summed E-state index contributed by atoms with van der Waals surface area (Å²) in [5, 5.41) is 5.70. The summed E-state index contributed by atoms with van der Waals surface area (Å²) in [5.41, 5.74) is 1.67. The first-order chi connectivity index (χ1) is 12.5. The normalized spacial score (nSPS) is 10.1. The van der Waals surface area contributed by atoms with Gasteiger partial charge in [0, 0.05) is 16.8 Å². The molecule has 0 fully saturated rings. The van der Waals surface area contributed by atoms with Crippen molar-refractivity contribution in [2.45, 2.75) is 26.7 Å². The van der Waals surface area contributed by atoms with Crippen LogP contribution in [0.1, 0.15) is 47.4 Å². The maximum Gasteiger partial charge on any atom is 0.257 e. The van der Waals surface area contributed by atoms with Crippen LogP contribution in [0, 0.1) is 0 Å². The third-order valence-corrected chi connectivity index (χ3v) is 3.82. The van der Waals surface area contributed by atoms with Gasteiger partial charge in [-0.15, -0.1) is 0 Å². The summed E-state index contributed by atoms with van der Waals surface area (Å²) in [6.07, 6.45) is 2.01. The molecule has 2 rings (SSSR count). The van der Waals surface area contributed by atoms with E-state index in [-0.39, 0.29) is 16.8 Å². The van der Waals surface area contributed by atoms with E-state index in [4.69, 9.17) is 17.0 Å². The minimum Gasteiger partial charge on any atom is -0.494 e. The average molecular weight is 370 g/mol. The number of hydrogen-bond acceptors (Lipinski definition) is 4. The Hall–Kier alpha value is -2.73. The van der Waals surface area contributed by atoms with Crippen molar-refractivity contribution < 1.29 is 14.3 Å². The van der Waals surface area contributed by atoms with Gasteiger partial charge in [0.15, 0.2) is 10.9 Å². The fraction of sp³-hybridized carbons (Fsp3) is 0.250. The van der Waals surface area contributed by atoms with Crippen LogP contribution < -0.4 is 15.4 Å². The highest BCUT2D eigenvalue weighted by molar-refractivity contribution is 7.80. The average Bonchev–Trinajstić information content (AvgIpc) is 2.62. The quantitative estimate of drug-likeness (QED) is 0.434. The molecule has 0 saturated heterocycles. The first kappa shape index (κ1) is 19.6. The maximum atomic E-state index is 12.4. The van der Waals surface area contributed by atoms with Gasteiger partial charge in [-0.25, -0.2) is 0 Å². The van der Waals surface area contributed by atoms with Crippen LogP contribution in [-0.4, -0.2) is 23.4 Å². The number of nitrogens with one attached hydrogen (secondary N) is 2. The molecule has 0 unspecified atom stereocenters. The predicted octanol–water partition coefficient (Wildman–Crippen LogP) is 4.19. The van der Waals surface area contributed by atoms with Crippen molar-refractivity contribution >= 4 is 34.7 Å². The van der Waals surface area contributed by atoms with Crippen LogP contribution in [0.5, 0.6) is 5.75 Å². The Morgan fingerprint density at radius 3 is 2.54 bits per heavy atom. The maximum absolute atomic E-state index is 12.4. The lowest BCUT2D eigenvalue weighted by Crippen LogP contribution is -2.34. The Kier molecular flexibility index (Phi) is 7.29. The predicted molar refractivity (Wildman–Crippen MR) is 107 cm³/mol. The number of unbranched alkanes of at least 4 members (excludes halogenated alkanes) is 1. The number of carbonyl (C=O) groups excluding carboxylic acids is 2. The molecule has 6 heteroatoms. The highest BCUT2D eigenvalue weighted by Crippen LogP contribution is 2.14. The van der Waals surface area contributed by atoms with Crippen LogP contribution >= 0.6 is 12.2 Å². The van der Waals surface area contributed by atoms with Crippen LogP contribution in [0.15, 0.2) is 48.5 Å². The standard InChI is InChI=1S/C20H22N2O3S/c1-3-4-11-25-18-10-6-8-16(13-18)19(24)22-20(26)21-17-9-5-7-15(12-17)14(2)23/h5-10,12-13H,3-4,11H2,1-2H3,(H2,21,22,24,26). The molecule has 1 amide bonds. The van der Waals surface area contributed by atoms with E-state index in [1.807, 2.05) is 6.07 Å². The van der Waals surface area contributed by atoms with Gasteiger partial charge in [0.1, 0.15) is 5.75 Å². The molecule has 0 bridgehead atoms. The Bertz CT molecular complexity index is 805. The van der Waals surface area contributed by atoms with Crippen LogP contribution in [0.25, 0.3) is 0 Å². The molecule has 136 valence electrons. The first-order valence-electron chi connectivity index (χ1n) is 8.46. The molecule has 0 aliphatic heterocycles. The lowest BCUT2D eigenvalue weighted by Gasteiger charge is -2.11. The second kappa shape index (κ2) is 9.68. The number of ether oxygens (including phenoxy) is 1. The van der Waals surface area contributed by atoms with E-state index in [0.717, 1.165) is 12.8 Å². The molecule has 0 heterocycles. The van der Waals surface area contributed by atoms with E-state index in [1.54, 1.807) is 42.5 Å². The number of hydrogen-bond donors (Lipinski definition) is 2. The summed E-state index contributed by atoms with van der Waals surface area (Å²) < 4.78 is 5.61. The third-order valence-electron chi connectivity index (χ3n) is 3.62. The highest BCUT2D eigenvalue weighted by atomic mass is 32.1. The Labute approximate surface area is 158 Å². The fourth-order valence-corrected chi connectivity index (χ4v) is 2.43. The second-order valence-electron chi connectivity index (χ2n) is 5.78. The largest absolute Gasteiger partial charge is 0.494 e. The van der Waals surface area contributed by atoms with E-state index < -0.39 is 0 Å². The Morgan fingerprint density at radius 2 is 1.81 bits per heavy atom. The number of amides is 1. The van der Waals surface area contributed by atoms with Gasteiger partial charge in [-0.3, -0.25) is 14.9 Å². The number of Topliss-reactive ketones (excluding diaryl/α,β-unsaturated/α-hetero) is 1. The summed E-state index contributed by atoms with van der Waals surface area (Å²) in [7, 11) is 0. The van der Waals surface area contributed by atoms with Crippen molar-refractivity contribution in [1.82, 2.24) is 5.32 Å². The molecule has 2 aromatic rings. The highest BCUT2D eigenvalue weighted by Gasteiger charge is 2.10. The van der Waals surface area contributed by atoms with E-state index in [0.29, 0.717) is 29.2 Å². The SMILES string of the molecule is CCCCOc1cccc(C(=O)NC(=S)Nc2cccc(C(C)=O)c2)c1. The van der Waals surface area contributed by atoms with Crippen molar-refractivity contribution in [1.29, 1.82) is 0 Å². The van der Waals surface area contributed by atoms with Gasteiger partial charge < -0.3 is 10.1 Å². The molecule has 0 aliphatic carbocycles. The fourth-order valence-electron chi connectivity index (χ4n) is 2.22. The van der Waals surface area contributed by atoms with Gasteiger partial charge >= 0.3 is 0 Å². The molecular weight excluding hydrogens is 348 g/mol. The lowest BCUT2D eigenvalue weighted by molar-refractivity contribution is 0.0975. The summed E-state index contributed by atoms with van der Waals surface area (Å²) in [6.45, 7) is 4.20. The number of anilines is 1.